The molecule has 0 saturated heterocycles. The summed E-state index contributed by atoms with van der Waals surface area (Å²) in [6.45, 7) is 5.47. The Balaban J connectivity index is 2.75. The predicted molar refractivity (Wildman–Crippen MR) is 66.1 cm³/mol. The second kappa shape index (κ2) is 4.65. The molecule has 0 aromatic carbocycles. The van der Waals surface area contributed by atoms with Crippen LogP contribution in [-0.4, -0.2) is 30.6 Å². The summed E-state index contributed by atoms with van der Waals surface area (Å²) in [5.41, 5.74) is 0. The summed E-state index contributed by atoms with van der Waals surface area (Å²) >= 11 is 0. The maximum Gasteiger partial charge on any atom is 0.155 e. The van der Waals surface area contributed by atoms with Crippen molar-refractivity contribution in [3.05, 3.63) is 0 Å². The molecule has 0 aromatic heterocycles. The molecule has 0 aliphatic heterocycles. The summed E-state index contributed by atoms with van der Waals surface area (Å²) in [7, 11) is -3.21. The Morgan fingerprint density at radius 1 is 1.19 bits per heavy atom. The fraction of sp³-hybridized carbons (Fsp3) is 1.00. The molecule has 0 spiro atoms. The van der Waals surface area contributed by atoms with Crippen molar-refractivity contribution in [2.24, 2.45) is 11.8 Å². The molecule has 0 aromatic rings. The van der Waals surface area contributed by atoms with Gasteiger partial charge in [0.05, 0.1) is 10.9 Å². The molecule has 1 unspecified atom stereocenters. The molecule has 0 amide bonds. The molecular formula is C12H24O3S. The van der Waals surface area contributed by atoms with Crippen LogP contribution in [0.5, 0.6) is 0 Å². The summed E-state index contributed by atoms with van der Waals surface area (Å²) < 4.78 is 22.3. The zero-order valence-corrected chi connectivity index (χ0v) is 11.5. The highest BCUT2D eigenvalue weighted by Gasteiger charge is 2.42. The van der Waals surface area contributed by atoms with Gasteiger partial charge < -0.3 is 5.11 Å². The molecule has 3 nitrogen and oxygen atoms in total. The summed E-state index contributed by atoms with van der Waals surface area (Å²) in [5, 5.41) is 10.2. The second-order valence-corrected chi connectivity index (χ2v) is 8.44. The third-order valence-corrected chi connectivity index (χ3v) is 6.33. The van der Waals surface area contributed by atoms with E-state index in [0.29, 0.717) is 5.92 Å². The summed E-state index contributed by atoms with van der Waals surface area (Å²) in [6.07, 6.45) is 4.56. The normalized spacial score (nSPS) is 30.1. The molecule has 1 rings (SSSR count). The standard InChI is InChI=1S/C12H24O3S/c1-9-5-7-10(8-6-9)11(13)12(2,3)16(4,14)15/h9-11,13H,5-8H2,1-4H3. The number of sulfone groups is 1. The lowest BCUT2D eigenvalue weighted by Gasteiger charge is -2.37. The average molecular weight is 248 g/mol. The van der Waals surface area contributed by atoms with Crippen molar-refractivity contribution < 1.29 is 13.5 Å². The van der Waals surface area contributed by atoms with Gasteiger partial charge in [0.15, 0.2) is 9.84 Å². The van der Waals surface area contributed by atoms with Gasteiger partial charge in [0.25, 0.3) is 0 Å². The van der Waals surface area contributed by atoms with Gasteiger partial charge in [-0.25, -0.2) is 8.42 Å². The van der Waals surface area contributed by atoms with E-state index in [4.69, 9.17) is 0 Å². The van der Waals surface area contributed by atoms with Gasteiger partial charge in [-0.1, -0.05) is 19.8 Å². The Bertz CT molecular complexity index is 324. The third kappa shape index (κ3) is 2.77. The second-order valence-electron chi connectivity index (χ2n) is 5.84. The van der Waals surface area contributed by atoms with Crippen LogP contribution >= 0.6 is 0 Å². The van der Waals surface area contributed by atoms with Crippen molar-refractivity contribution in [3.8, 4) is 0 Å². The molecular weight excluding hydrogens is 224 g/mol. The molecule has 96 valence electrons. The Labute approximate surface area is 99.2 Å². The van der Waals surface area contributed by atoms with Gasteiger partial charge in [0, 0.05) is 6.26 Å². The van der Waals surface area contributed by atoms with Gasteiger partial charge in [0.2, 0.25) is 0 Å². The first-order valence-corrected chi connectivity index (χ1v) is 7.93. The molecule has 1 aliphatic rings. The summed E-state index contributed by atoms with van der Waals surface area (Å²) in [4.78, 5) is 0. The Morgan fingerprint density at radius 2 is 1.62 bits per heavy atom. The molecule has 4 heteroatoms. The Morgan fingerprint density at radius 3 is 2.00 bits per heavy atom. The minimum atomic E-state index is -3.21. The highest BCUT2D eigenvalue weighted by Crippen LogP contribution is 2.36. The lowest BCUT2D eigenvalue weighted by Crippen LogP contribution is -2.48. The van der Waals surface area contributed by atoms with Gasteiger partial charge >= 0.3 is 0 Å². The highest BCUT2D eigenvalue weighted by atomic mass is 32.2. The van der Waals surface area contributed by atoms with Crippen molar-refractivity contribution in [2.45, 2.75) is 57.3 Å². The summed E-state index contributed by atoms with van der Waals surface area (Å²) in [6, 6.07) is 0. The SMILES string of the molecule is CC1CCC(C(O)C(C)(C)S(C)(=O)=O)CC1. The van der Waals surface area contributed by atoms with Crippen molar-refractivity contribution in [1.82, 2.24) is 0 Å². The molecule has 1 aliphatic carbocycles. The van der Waals surface area contributed by atoms with E-state index in [1.54, 1.807) is 13.8 Å². The molecule has 1 N–H and O–H groups in total. The van der Waals surface area contributed by atoms with E-state index in [1.807, 2.05) is 0 Å². The van der Waals surface area contributed by atoms with Crippen LogP contribution in [-0.2, 0) is 9.84 Å². The molecule has 0 bridgehead atoms. The molecule has 16 heavy (non-hydrogen) atoms. The third-order valence-electron chi connectivity index (χ3n) is 4.17. The van der Waals surface area contributed by atoms with Crippen LogP contribution in [0.1, 0.15) is 46.5 Å². The van der Waals surface area contributed by atoms with E-state index in [1.165, 1.54) is 6.26 Å². The van der Waals surface area contributed by atoms with Crippen molar-refractivity contribution >= 4 is 9.84 Å². The number of aliphatic hydroxyl groups excluding tert-OH is 1. The van der Waals surface area contributed by atoms with E-state index in [2.05, 4.69) is 6.92 Å². The number of rotatable bonds is 3. The first-order valence-electron chi connectivity index (χ1n) is 6.04. The van der Waals surface area contributed by atoms with Crippen molar-refractivity contribution in [3.63, 3.8) is 0 Å². The van der Waals surface area contributed by atoms with Gasteiger partial charge in [-0.15, -0.1) is 0 Å². The fourth-order valence-corrected chi connectivity index (χ4v) is 3.02. The van der Waals surface area contributed by atoms with Crippen LogP contribution in [0.25, 0.3) is 0 Å². The quantitative estimate of drug-likeness (QED) is 0.831. The first-order chi connectivity index (χ1) is 7.16. The van der Waals surface area contributed by atoms with E-state index >= 15 is 0 Å². The number of hydrogen-bond donors (Lipinski definition) is 1. The fourth-order valence-electron chi connectivity index (χ4n) is 2.39. The number of hydrogen-bond acceptors (Lipinski definition) is 3. The maximum absolute atomic E-state index is 11.6. The van der Waals surface area contributed by atoms with Crippen LogP contribution in [0.3, 0.4) is 0 Å². The topological polar surface area (TPSA) is 54.4 Å². The molecule has 1 saturated carbocycles. The molecule has 0 radical (unpaired) electrons. The predicted octanol–water partition coefficient (Wildman–Crippen LogP) is 2.00. The minimum Gasteiger partial charge on any atom is -0.391 e. The van der Waals surface area contributed by atoms with E-state index < -0.39 is 20.7 Å². The molecule has 1 atom stereocenters. The monoisotopic (exact) mass is 248 g/mol. The zero-order valence-electron chi connectivity index (χ0n) is 10.7. The van der Waals surface area contributed by atoms with Crippen LogP contribution < -0.4 is 0 Å². The van der Waals surface area contributed by atoms with Crippen LogP contribution in [0, 0.1) is 11.8 Å². The highest BCUT2D eigenvalue weighted by molar-refractivity contribution is 7.92. The van der Waals surface area contributed by atoms with E-state index in [9.17, 15) is 13.5 Å². The van der Waals surface area contributed by atoms with Crippen LogP contribution in [0.2, 0.25) is 0 Å². The Kier molecular flexibility index (Phi) is 4.06. The van der Waals surface area contributed by atoms with Gasteiger partial charge in [-0.3, -0.25) is 0 Å². The van der Waals surface area contributed by atoms with E-state index in [0.717, 1.165) is 25.7 Å². The smallest absolute Gasteiger partial charge is 0.155 e. The van der Waals surface area contributed by atoms with Crippen molar-refractivity contribution in [2.75, 3.05) is 6.26 Å². The lowest BCUT2D eigenvalue weighted by atomic mass is 9.77. The summed E-state index contributed by atoms with van der Waals surface area (Å²) in [5.74, 6) is 0.853. The average Bonchev–Trinajstić information content (AvgIpc) is 2.16. The Hall–Kier alpha value is -0.0900. The minimum absolute atomic E-state index is 0.140. The molecule has 0 heterocycles. The van der Waals surface area contributed by atoms with Crippen LogP contribution in [0.15, 0.2) is 0 Å². The maximum atomic E-state index is 11.6. The first kappa shape index (κ1) is 14.0. The molecule has 1 fully saturated rings. The van der Waals surface area contributed by atoms with Crippen LogP contribution in [0.4, 0.5) is 0 Å². The lowest BCUT2D eigenvalue weighted by molar-refractivity contribution is 0.0495. The largest absolute Gasteiger partial charge is 0.391 e. The van der Waals surface area contributed by atoms with Gasteiger partial charge in [-0.05, 0) is 38.5 Å². The van der Waals surface area contributed by atoms with Crippen molar-refractivity contribution in [1.29, 1.82) is 0 Å². The van der Waals surface area contributed by atoms with E-state index in [-0.39, 0.29) is 5.92 Å². The van der Waals surface area contributed by atoms with Gasteiger partial charge in [-0.2, -0.15) is 0 Å². The number of aliphatic hydroxyl groups is 1. The zero-order chi connectivity index (χ0) is 12.6. The van der Waals surface area contributed by atoms with Gasteiger partial charge in [0.1, 0.15) is 0 Å².